The van der Waals surface area contributed by atoms with Crippen molar-refractivity contribution >= 4 is 16.8 Å². The molecule has 148 valence electrons. The van der Waals surface area contributed by atoms with E-state index in [0.717, 1.165) is 33.7 Å². The van der Waals surface area contributed by atoms with Crippen LogP contribution < -0.4 is 5.56 Å². The Bertz CT molecular complexity index is 1580. The van der Waals surface area contributed by atoms with E-state index >= 15 is 0 Å². The highest BCUT2D eigenvalue weighted by atomic mass is 16.1. The van der Waals surface area contributed by atoms with Crippen LogP contribution in [0.1, 0.15) is 0 Å². The Labute approximate surface area is 177 Å². The lowest BCUT2D eigenvalue weighted by Crippen LogP contribution is -2.15. The zero-order valence-electron chi connectivity index (χ0n) is 16.6. The van der Waals surface area contributed by atoms with Crippen LogP contribution in [0.25, 0.3) is 44.9 Å². The second-order valence-corrected chi connectivity index (χ2v) is 7.44. The minimum atomic E-state index is -0.0892. The van der Waals surface area contributed by atoms with Crippen LogP contribution in [0.5, 0.6) is 0 Å². The molecule has 3 aromatic heterocycles. The van der Waals surface area contributed by atoms with Crippen LogP contribution in [0.15, 0.2) is 108 Å². The Balaban J connectivity index is 1.74. The molecule has 0 saturated carbocycles. The zero-order chi connectivity index (χ0) is 20.8. The Morgan fingerprint density at radius 3 is 2.03 bits per heavy atom. The van der Waals surface area contributed by atoms with Crippen LogP contribution >= 0.6 is 0 Å². The average molecular weight is 402 g/mol. The van der Waals surface area contributed by atoms with Crippen molar-refractivity contribution in [3.8, 4) is 28.1 Å². The number of fused-ring (bicyclic) bond motifs is 2. The molecule has 0 saturated heterocycles. The Hall–Kier alpha value is -4.38. The SMILES string of the molecule is O=c1c2c(-c3ccccc3)cn(-c3ccccc3)c2[nH]c2ncc(-c3ccccc3)n12. The van der Waals surface area contributed by atoms with E-state index in [1.165, 1.54) is 0 Å². The van der Waals surface area contributed by atoms with Gasteiger partial charge in [0.1, 0.15) is 5.65 Å². The topological polar surface area (TPSA) is 55.1 Å². The molecule has 0 aliphatic heterocycles. The first kappa shape index (κ1) is 17.5. The normalized spacial score (nSPS) is 11.4. The molecule has 0 amide bonds. The van der Waals surface area contributed by atoms with E-state index in [0.29, 0.717) is 11.2 Å². The highest BCUT2D eigenvalue weighted by molar-refractivity contribution is 5.95. The van der Waals surface area contributed by atoms with Gasteiger partial charge in [-0.2, -0.15) is 0 Å². The second-order valence-electron chi connectivity index (χ2n) is 7.44. The number of H-pyrrole nitrogens is 1. The standard InChI is InChI=1S/C26H18N4O/c31-25-23-21(18-10-4-1-5-11-18)17-29(20-14-8-3-9-15-20)24(23)28-26-27-16-22(30(25)26)19-12-6-2-7-13-19/h1-17H,(H,27,28). The quantitative estimate of drug-likeness (QED) is 0.437. The van der Waals surface area contributed by atoms with E-state index in [1.807, 2.05) is 102 Å². The molecule has 0 radical (unpaired) electrons. The monoisotopic (exact) mass is 402 g/mol. The molecule has 1 N–H and O–H groups in total. The molecule has 0 aliphatic rings. The Morgan fingerprint density at radius 2 is 1.35 bits per heavy atom. The molecular formula is C26H18N4O. The van der Waals surface area contributed by atoms with E-state index in [4.69, 9.17) is 0 Å². The van der Waals surface area contributed by atoms with Crippen molar-refractivity contribution in [1.29, 1.82) is 0 Å². The van der Waals surface area contributed by atoms with Gasteiger partial charge in [0.2, 0.25) is 5.78 Å². The van der Waals surface area contributed by atoms with Gasteiger partial charge in [-0.15, -0.1) is 0 Å². The molecule has 0 atom stereocenters. The molecule has 0 fully saturated rings. The molecule has 0 aliphatic carbocycles. The van der Waals surface area contributed by atoms with E-state index in [1.54, 1.807) is 10.6 Å². The van der Waals surface area contributed by atoms with Crippen molar-refractivity contribution in [2.75, 3.05) is 0 Å². The Morgan fingerprint density at radius 1 is 0.742 bits per heavy atom. The molecule has 6 rings (SSSR count). The molecule has 3 heterocycles. The largest absolute Gasteiger partial charge is 0.310 e. The Kier molecular flexibility index (Phi) is 3.86. The van der Waals surface area contributed by atoms with Crippen LogP contribution in [0, 0.1) is 0 Å². The van der Waals surface area contributed by atoms with Gasteiger partial charge in [-0.05, 0) is 17.7 Å². The van der Waals surface area contributed by atoms with Gasteiger partial charge in [0.05, 0.1) is 17.3 Å². The summed E-state index contributed by atoms with van der Waals surface area (Å²) < 4.78 is 3.69. The summed E-state index contributed by atoms with van der Waals surface area (Å²) in [6.07, 6.45) is 3.77. The van der Waals surface area contributed by atoms with E-state index in [-0.39, 0.29) is 5.56 Å². The first-order chi connectivity index (χ1) is 15.3. The number of hydrogen-bond donors (Lipinski definition) is 1. The third-order valence-corrected chi connectivity index (χ3v) is 5.60. The summed E-state index contributed by atoms with van der Waals surface area (Å²) in [4.78, 5) is 21.8. The number of aromatic nitrogens is 4. The summed E-state index contributed by atoms with van der Waals surface area (Å²) in [6.45, 7) is 0. The van der Waals surface area contributed by atoms with Gasteiger partial charge >= 0.3 is 0 Å². The van der Waals surface area contributed by atoms with Crippen molar-refractivity contribution in [3.63, 3.8) is 0 Å². The number of hydrogen-bond acceptors (Lipinski definition) is 2. The first-order valence-electron chi connectivity index (χ1n) is 10.1. The van der Waals surface area contributed by atoms with Crippen LogP contribution in [-0.2, 0) is 0 Å². The van der Waals surface area contributed by atoms with E-state index in [9.17, 15) is 4.79 Å². The van der Waals surface area contributed by atoms with Crippen LogP contribution in [0.3, 0.4) is 0 Å². The molecule has 0 bridgehead atoms. The predicted molar refractivity (Wildman–Crippen MR) is 124 cm³/mol. The van der Waals surface area contributed by atoms with E-state index < -0.39 is 0 Å². The number of aromatic amines is 1. The number of imidazole rings is 1. The third-order valence-electron chi connectivity index (χ3n) is 5.60. The molecule has 3 aromatic carbocycles. The second kappa shape index (κ2) is 6.85. The van der Waals surface area contributed by atoms with Gasteiger partial charge in [-0.3, -0.25) is 4.79 Å². The predicted octanol–water partition coefficient (Wildman–Crippen LogP) is 5.30. The third kappa shape index (κ3) is 2.71. The van der Waals surface area contributed by atoms with Crippen molar-refractivity contribution in [3.05, 3.63) is 114 Å². The first-order valence-corrected chi connectivity index (χ1v) is 10.1. The summed E-state index contributed by atoms with van der Waals surface area (Å²) in [6, 6.07) is 29.9. The molecule has 6 aromatic rings. The number of nitrogens with one attached hydrogen (secondary N) is 1. The van der Waals surface area contributed by atoms with Crippen LogP contribution in [0.2, 0.25) is 0 Å². The molecule has 0 unspecified atom stereocenters. The lowest BCUT2D eigenvalue weighted by atomic mass is 10.1. The lowest BCUT2D eigenvalue weighted by Gasteiger charge is -2.06. The lowest BCUT2D eigenvalue weighted by molar-refractivity contribution is 1.05. The maximum absolute atomic E-state index is 13.9. The summed E-state index contributed by atoms with van der Waals surface area (Å²) in [5, 5.41) is 0.637. The maximum atomic E-state index is 13.9. The fourth-order valence-electron chi connectivity index (χ4n) is 4.15. The molecular weight excluding hydrogens is 384 g/mol. The fourth-order valence-corrected chi connectivity index (χ4v) is 4.15. The summed E-state index contributed by atoms with van der Waals surface area (Å²) in [5.41, 5.74) is 5.21. The van der Waals surface area contributed by atoms with Crippen molar-refractivity contribution in [2.24, 2.45) is 0 Å². The van der Waals surface area contributed by atoms with Gasteiger partial charge in [-0.1, -0.05) is 78.9 Å². The number of nitrogens with zero attached hydrogens (tertiary/aromatic N) is 3. The van der Waals surface area contributed by atoms with Crippen LogP contribution in [0.4, 0.5) is 0 Å². The summed E-state index contributed by atoms with van der Waals surface area (Å²) in [7, 11) is 0. The molecule has 31 heavy (non-hydrogen) atoms. The number of para-hydroxylation sites is 1. The minimum Gasteiger partial charge on any atom is -0.310 e. The molecule has 5 nitrogen and oxygen atoms in total. The van der Waals surface area contributed by atoms with Crippen molar-refractivity contribution in [2.45, 2.75) is 0 Å². The zero-order valence-corrected chi connectivity index (χ0v) is 16.6. The highest BCUT2D eigenvalue weighted by Crippen LogP contribution is 2.30. The van der Waals surface area contributed by atoms with Gasteiger partial charge in [0, 0.05) is 23.0 Å². The van der Waals surface area contributed by atoms with Gasteiger partial charge in [0.15, 0.2) is 0 Å². The summed E-state index contributed by atoms with van der Waals surface area (Å²) in [5.74, 6) is 0.520. The van der Waals surface area contributed by atoms with Gasteiger partial charge in [-0.25, -0.2) is 9.38 Å². The highest BCUT2D eigenvalue weighted by Gasteiger charge is 2.19. The smallest absolute Gasteiger partial charge is 0.269 e. The number of rotatable bonds is 3. The molecule has 5 heteroatoms. The van der Waals surface area contributed by atoms with Gasteiger partial charge < -0.3 is 9.55 Å². The minimum absolute atomic E-state index is 0.0892. The van der Waals surface area contributed by atoms with Crippen LogP contribution in [-0.4, -0.2) is 18.9 Å². The molecule has 0 spiro atoms. The van der Waals surface area contributed by atoms with Crippen molar-refractivity contribution < 1.29 is 0 Å². The van der Waals surface area contributed by atoms with E-state index in [2.05, 4.69) is 9.97 Å². The van der Waals surface area contributed by atoms with Gasteiger partial charge in [0.25, 0.3) is 5.56 Å². The number of benzene rings is 3. The maximum Gasteiger partial charge on any atom is 0.269 e. The fraction of sp³-hybridized carbons (Fsp3) is 0. The average Bonchev–Trinajstić information content (AvgIpc) is 3.44. The van der Waals surface area contributed by atoms with Crippen molar-refractivity contribution in [1.82, 2.24) is 18.9 Å². The summed E-state index contributed by atoms with van der Waals surface area (Å²) >= 11 is 0.